The summed E-state index contributed by atoms with van der Waals surface area (Å²) in [6, 6.07) is 6.58. The van der Waals surface area contributed by atoms with Gasteiger partial charge in [-0.1, -0.05) is 50.7 Å². The average Bonchev–Trinajstić information content (AvgIpc) is 2.86. The fraction of sp³-hybridized carbons (Fsp3) is 0.682. The molecule has 0 aromatic heterocycles. The normalized spacial score (nSPS) is 20.7. The van der Waals surface area contributed by atoms with Crippen LogP contribution in [0, 0.1) is 0 Å². The molecule has 1 aromatic carbocycles. The molecule has 1 aliphatic heterocycles. The maximum Gasteiger partial charge on any atom is 0.471 e. The number of nitrogens with one attached hydrogen (secondary N) is 1. The van der Waals surface area contributed by atoms with Gasteiger partial charge in [-0.3, -0.25) is 4.79 Å². The molecule has 3 rings (SSSR count). The van der Waals surface area contributed by atoms with Crippen LogP contribution in [-0.4, -0.2) is 44.5 Å². The Bertz CT molecular complexity index is 823. The first kappa shape index (κ1) is 24.0. The molecule has 0 atom stereocenters. The first-order valence-corrected chi connectivity index (χ1v) is 12.6. The van der Waals surface area contributed by atoms with E-state index in [1.165, 1.54) is 12.8 Å². The predicted molar refractivity (Wildman–Crippen MR) is 112 cm³/mol. The molecule has 1 aromatic rings. The van der Waals surface area contributed by atoms with Crippen molar-refractivity contribution in [3.63, 3.8) is 0 Å². The van der Waals surface area contributed by atoms with E-state index in [2.05, 4.69) is 4.72 Å². The Morgan fingerprint density at radius 3 is 1.90 bits per heavy atom. The number of amides is 1. The van der Waals surface area contributed by atoms with E-state index >= 15 is 0 Å². The van der Waals surface area contributed by atoms with E-state index in [0.29, 0.717) is 12.8 Å². The minimum atomic E-state index is -4.84. The minimum Gasteiger partial charge on any atom is -0.335 e. The summed E-state index contributed by atoms with van der Waals surface area (Å²) in [4.78, 5) is 12.4. The molecule has 0 spiro atoms. The number of carbonyl (C=O) groups excluding carboxylic acids is 1. The number of halogens is 3. The Morgan fingerprint density at radius 2 is 1.39 bits per heavy atom. The highest BCUT2D eigenvalue weighted by Crippen LogP contribution is 2.31. The van der Waals surface area contributed by atoms with Gasteiger partial charge in [0.1, 0.15) is 0 Å². The van der Waals surface area contributed by atoms with E-state index < -0.39 is 22.1 Å². The van der Waals surface area contributed by atoms with Crippen LogP contribution in [0.15, 0.2) is 29.2 Å². The fourth-order valence-corrected chi connectivity index (χ4v) is 5.86. The molecular weight excluding hydrogens is 429 g/mol. The summed E-state index contributed by atoms with van der Waals surface area (Å²) in [5, 5.41) is 0. The van der Waals surface area contributed by atoms with Crippen LogP contribution in [-0.2, 0) is 14.8 Å². The third-order valence-electron chi connectivity index (χ3n) is 6.36. The van der Waals surface area contributed by atoms with Gasteiger partial charge in [0.05, 0.1) is 4.90 Å². The lowest BCUT2D eigenvalue weighted by atomic mass is 9.89. The molecular formula is C22H31F3N2O3S. The first-order valence-electron chi connectivity index (χ1n) is 11.2. The number of hydrogen-bond donors (Lipinski definition) is 1. The van der Waals surface area contributed by atoms with Crippen molar-refractivity contribution in [2.75, 3.05) is 13.1 Å². The van der Waals surface area contributed by atoms with Crippen LogP contribution in [0.1, 0.15) is 75.7 Å². The molecule has 1 N–H and O–H groups in total. The van der Waals surface area contributed by atoms with E-state index in [4.69, 9.17) is 0 Å². The van der Waals surface area contributed by atoms with Crippen LogP contribution in [0.3, 0.4) is 0 Å². The quantitative estimate of drug-likeness (QED) is 0.706. The van der Waals surface area contributed by atoms with Gasteiger partial charge in [-0.15, -0.1) is 0 Å². The van der Waals surface area contributed by atoms with E-state index in [9.17, 15) is 26.4 Å². The number of sulfonamides is 1. The number of alkyl halides is 3. The van der Waals surface area contributed by atoms with Crippen LogP contribution < -0.4 is 4.72 Å². The van der Waals surface area contributed by atoms with Crippen molar-refractivity contribution in [3.05, 3.63) is 29.8 Å². The van der Waals surface area contributed by atoms with E-state index in [1.54, 1.807) is 24.3 Å². The number of carbonyl (C=O) groups is 1. The van der Waals surface area contributed by atoms with Crippen molar-refractivity contribution in [1.82, 2.24) is 9.62 Å². The molecule has 1 saturated carbocycles. The summed E-state index contributed by atoms with van der Waals surface area (Å²) in [7, 11) is -3.61. The van der Waals surface area contributed by atoms with Gasteiger partial charge in [0.25, 0.3) is 0 Å². The Hall–Kier alpha value is -1.61. The molecule has 2 aliphatic rings. The number of likely N-dealkylation sites (tertiary alicyclic amines) is 1. The monoisotopic (exact) mass is 460 g/mol. The maximum absolute atomic E-state index is 12.8. The van der Waals surface area contributed by atoms with E-state index in [0.717, 1.165) is 49.0 Å². The van der Waals surface area contributed by atoms with Crippen LogP contribution in [0.2, 0.25) is 0 Å². The van der Waals surface area contributed by atoms with Gasteiger partial charge in [-0.25, -0.2) is 13.1 Å². The zero-order chi connectivity index (χ0) is 22.5. The molecule has 0 bridgehead atoms. The second-order valence-electron chi connectivity index (χ2n) is 8.65. The van der Waals surface area contributed by atoms with Gasteiger partial charge in [0, 0.05) is 19.1 Å². The van der Waals surface area contributed by atoms with Gasteiger partial charge in [0.15, 0.2) is 0 Å². The average molecular weight is 461 g/mol. The van der Waals surface area contributed by atoms with Crippen molar-refractivity contribution >= 4 is 15.9 Å². The molecule has 1 saturated heterocycles. The standard InChI is InChI=1S/C22H31F3N2O3S/c23-22(24,25)21(28)27-15-13-18(14-16-27)17-9-11-20(12-10-17)31(29,30)26-19-7-5-3-1-2-4-6-8-19/h9-12,18-19,26H,1-8,13-16H2. The van der Waals surface area contributed by atoms with Crippen molar-refractivity contribution < 1.29 is 26.4 Å². The molecule has 2 fully saturated rings. The summed E-state index contributed by atoms with van der Waals surface area (Å²) in [5.41, 5.74) is 0.889. The van der Waals surface area contributed by atoms with Crippen molar-refractivity contribution in [3.8, 4) is 0 Å². The summed E-state index contributed by atoms with van der Waals surface area (Å²) in [6.07, 6.45) is 4.48. The summed E-state index contributed by atoms with van der Waals surface area (Å²) in [5.74, 6) is -1.78. The molecule has 5 nitrogen and oxygen atoms in total. The molecule has 1 heterocycles. The highest BCUT2D eigenvalue weighted by atomic mass is 32.2. The lowest BCUT2D eigenvalue weighted by molar-refractivity contribution is -0.186. The SMILES string of the molecule is O=C(N1CCC(c2ccc(S(=O)(=O)NC3CCCCCCCC3)cc2)CC1)C(F)(F)F. The van der Waals surface area contributed by atoms with Gasteiger partial charge >= 0.3 is 12.1 Å². The molecule has 31 heavy (non-hydrogen) atoms. The van der Waals surface area contributed by atoms with Gasteiger partial charge < -0.3 is 4.90 Å². The number of piperidine rings is 1. The lowest BCUT2D eigenvalue weighted by Gasteiger charge is -2.32. The zero-order valence-corrected chi connectivity index (χ0v) is 18.5. The second kappa shape index (κ2) is 10.3. The maximum atomic E-state index is 12.8. The number of nitrogens with zero attached hydrogens (tertiary/aromatic N) is 1. The highest BCUT2D eigenvalue weighted by molar-refractivity contribution is 7.89. The Balaban J connectivity index is 1.58. The number of benzene rings is 1. The predicted octanol–water partition coefficient (Wildman–Crippen LogP) is 4.74. The third-order valence-corrected chi connectivity index (χ3v) is 7.90. The highest BCUT2D eigenvalue weighted by Gasteiger charge is 2.43. The number of rotatable bonds is 4. The molecule has 0 radical (unpaired) electrons. The topological polar surface area (TPSA) is 66.5 Å². The fourth-order valence-electron chi connectivity index (χ4n) is 4.55. The van der Waals surface area contributed by atoms with Crippen LogP contribution in [0.4, 0.5) is 13.2 Å². The minimum absolute atomic E-state index is 0.0105. The molecule has 0 unspecified atom stereocenters. The summed E-state index contributed by atoms with van der Waals surface area (Å²) in [6.45, 7) is 0.0958. The zero-order valence-electron chi connectivity index (χ0n) is 17.7. The first-order chi connectivity index (χ1) is 14.7. The van der Waals surface area contributed by atoms with E-state index in [1.807, 2.05) is 0 Å². The van der Waals surface area contributed by atoms with Gasteiger partial charge in [0.2, 0.25) is 10.0 Å². The summed E-state index contributed by atoms with van der Waals surface area (Å²) >= 11 is 0. The van der Waals surface area contributed by atoms with Crippen molar-refractivity contribution in [2.45, 2.75) is 87.2 Å². The third kappa shape index (κ3) is 6.68. The van der Waals surface area contributed by atoms with Crippen molar-refractivity contribution in [2.24, 2.45) is 0 Å². The van der Waals surface area contributed by atoms with Crippen LogP contribution in [0.25, 0.3) is 0 Å². The van der Waals surface area contributed by atoms with Gasteiger partial charge in [-0.2, -0.15) is 13.2 Å². The molecule has 1 aliphatic carbocycles. The van der Waals surface area contributed by atoms with Crippen LogP contribution in [0.5, 0.6) is 0 Å². The summed E-state index contributed by atoms with van der Waals surface area (Å²) < 4.78 is 66.3. The number of hydrogen-bond acceptors (Lipinski definition) is 3. The lowest BCUT2D eigenvalue weighted by Crippen LogP contribution is -2.45. The molecule has 1 amide bonds. The van der Waals surface area contributed by atoms with Gasteiger partial charge in [-0.05, 0) is 49.3 Å². The second-order valence-corrected chi connectivity index (χ2v) is 10.4. The molecule has 174 valence electrons. The Labute approximate surface area is 182 Å². The van der Waals surface area contributed by atoms with Crippen molar-refractivity contribution in [1.29, 1.82) is 0 Å². The largest absolute Gasteiger partial charge is 0.471 e. The Morgan fingerprint density at radius 1 is 0.871 bits per heavy atom. The van der Waals surface area contributed by atoms with E-state index in [-0.39, 0.29) is 29.9 Å². The van der Waals surface area contributed by atoms with Crippen LogP contribution >= 0.6 is 0 Å². The molecule has 9 heteroatoms. The Kier molecular flexibility index (Phi) is 8.02. The smallest absolute Gasteiger partial charge is 0.335 e.